The summed E-state index contributed by atoms with van der Waals surface area (Å²) in [5.74, 6) is 1.20. The molecule has 0 N–H and O–H groups in total. The lowest BCUT2D eigenvalue weighted by molar-refractivity contribution is 0.0666. The van der Waals surface area contributed by atoms with Gasteiger partial charge in [0.25, 0.3) is 11.8 Å². The van der Waals surface area contributed by atoms with Crippen LogP contribution in [0, 0.1) is 25.6 Å². The van der Waals surface area contributed by atoms with E-state index in [1.165, 1.54) is 12.1 Å². The molecule has 1 aliphatic rings. The molecular formula is C22H26FN5O2. The van der Waals surface area contributed by atoms with Crippen LogP contribution in [0.25, 0.3) is 11.5 Å². The Hall–Kier alpha value is -3.03. The van der Waals surface area contributed by atoms with Gasteiger partial charge in [0.1, 0.15) is 5.82 Å². The Morgan fingerprint density at radius 3 is 2.73 bits per heavy atom. The van der Waals surface area contributed by atoms with Crippen molar-refractivity contribution < 1.29 is 13.7 Å². The van der Waals surface area contributed by atoms with Gasteiger partial charge in [-0.3, -0.25) is 9.48 Å². The number of piperidine rings is 1. The number of benzene rings is 1. The van der Waals surface area contributed by atoms with Crippen molar-refractivity contribution in [1.29, 1.82) is 0 Å². The van der Waals surface area contributed by atoms with Gasteiger partial charge in [-0.1, -0.05) is 5.16 Å². The lowest BCUT2D eigenvalue weighted by Gasteiger charge is -2.32. The Bertz CT molecular complexity index is 1040. The largest absolute Gasteiger partial charge is 0.338 e. The molecular weight excluding hydrogens is 385 g/mol. The number of hydrogen-bond donors (Lipinski definition) is 0. The van der Waals surface area contributed by atoms with Crippen molar-refractivity contribution in [3.63, 3.8) is 0 Å². The molecule has 8 heteroatoms. The standard InChI is InChI=1S/C22H26FN5O2/c1-14-20(15(2)27(3)25-14)22(29)28-12-4-5-16(13-28)6-11-19-24-21(30-26-19)17-7-9-18(23)10-8-17/h7-10,16H,4-6,11-13H2,1-3H3. The van der Waals surface area contributed by atoms with Crippen LogP contribution in [0.4, 0.5) is 4.39 Å². The summed E-state index contributed by atoms with van der Waals surface area (Å²) in [7, 11) is 1.86. The SMILES string of the molecule is Cc1nn(C)c(C)c1C(=O)N1CCCC(CCc2noc(-c3ccc(F)cc3)n2)C1. The summed E-state index contributed by atoms with van der Waals surface area (Å²) in [6, 6.07) is 6.00. The first kappa shape index (κ1) is 20.3. The highest BCUT2D eigenvalue weighted by molar-refractivity contribution is 5.96. The van der Waals surface area contributed by atoms with Crippen LogP contribution in [-0.4, -0.2) is 43.8 Å². The van der Waals surface area contributed by atoms with Crippen LogP contribution < -0.4 is 0 Å². The first-order valence-corrected chi connectivity index (χ1v) is 10.3. The molecule has 1 fully saturated rings. The van der Waals surface area contributed by atoms with Crippen molar-refractivity contribution in [2.45, 2.75) is 39.5 Å². The third-order valence-electron chi connectivity index (χ3n) is 5.86. The van der Waals surface area contributed by atoms with E-state index in [0.29, 0.717) is 29.6 Å². The summed E-state index contributed by atoms with van der Waals surface area (Å²) in [6.07, 6.45) is 3.64. The zero-order chi connectivity index (χ0) is 21.3. The van der Waals surface area contributed by atoms with Crippen LogP contribution in [0.2, 0.25) is 0 Å². The minimum atomic E-state index is -0.299. The van der Waals surface area contributed by atoms with Crippen molar-refractivity contribution in [3.8, 4) is 11.5 Å². The Morgan fingerprint density at radius 1 is 1.27 bits per heavy atom. The summed E-state index contributed by atoms with van der Waals surface area (Å²) in [4.78, 5) is 19.4. The third kappa shape index (κ3) is 4.13. The number of aromatic nitrogens is 4. The maximum absolute atomic E-state index is 13.1. The van der Waals surface area contributed by atoms with Gasteiger partial charge in [0.05, 0.1) is 11.3 Å². The maximum atomic E-state index is 13.1. The van der Waals surface area contributed by atoms with Gasteiger partial charge in [-0.05, 0) is 63.3 Å². The van der Waals surface area contributed by atoms with E-state index in [1.807, 2.05) is 25.8 Å². The Balaban J connectivity index is 1.37. The topological polar surface area (TPSA) is 77.0 Å². The first-order valence-electron chi connectivity index (χ1n) is 10.3. The molecule has 0 spiro atoms. The van der Waals surface area contributed by atoms with Gasteiger partial charge in [0, 0.05) is 37.8 Å². The molecule has 1 unspecified atom stereocenters. The lowest BCUT2D eigenvalue weighted by atomic mass is 9.92. The molecule has 0 radical (unpaired) electrons. The number of carbonyl (C=O) groups is 1. The maximum Gasteiger partial charge on any atom is 0.257 e. The molecule has 1 aromatic carbocycles. The fourth-order valence-corrected chi connectivity index (χ4v) is 4.12. The molecule has 158 valence electrons. The van der Waals surface area contributed by atoms with Gasteiger partial charge in [-0.15, -0.1) is 0 Å². The van der Waals surface area contributed by atoms with Gasteiger partial charge >= 0.3 is 0 Å². The molecule has 1 aliphatic heterocycles. The molecule has 30 heavy (non-hydrogen) atoms. The second kappa shape index (κ2) is 8.38. The van der Waals surface area contributed by atoms with Crippen molar-refractivity contribution in [3.05, 3.63) is 52.9 Å². The summed E-state index contributed by atoms with van der Waals surface area (Å²) < 4.78 is 20.2. The molecule has 4 rings (SSSR count). The smallest absolute Gasteiger partial charge is 0.257 e. The van der Waals surface area contributed by atoms with E-state index in [9.17, 15) is 9.18 Å². The van der Waals surface area contributed by atoms with Gasteiger partial charge in [-0.25, -0.2) is 4.39 Å². The average molecular weight is 411 g/mol. The van der Waals surface area contributed by atoms with E-state index >= 15 is 0 Å². The average Bonchev–Trinajstić information content (AvgIpc) is 3.31. The number of carbonyl (C=O) groups excluding carboxylic acids is 1. The molecule has 3 heterocycles. The number of aryl methyl sites for hydroxylation is 3. The third-order valence-corrected chi connectivity index (χ3v) is 5.86. The van der Waals surface area contributed by atoms with Crippen molar-refractivity contribution in [1.82, 2.24) is 24.8 Å². The van der Waals surface area contributed by atoms with E-state index < -0.39 is 0 Å². The van der Waals surface area contributed by atoms with E-state index in [2.05, 4.69) is 15.2 Å². The summed E-state index contributed by atoms with van der Waals surface area (Å²) in [5.41, 5.74) is 3.11. The minimum Gasteiger partial charge on any atom is -0.338 e. The van der Waals surface area contributed by atoms with E-state index in [-0.39, 0.29) is 11.7 Å². The monoisotopic (exact) mass is 411 g/mol. The second-order valence-corrected chi connectivity index (χ2v) is 7.99. The fourth-order valence-electron chi connectivity index (χ4n) is 4.12. The lowest BCUT2D eigenvalue weighted by Crippen LogP contribution is -2.40. The molecule has 3 aromatic rings. The normalized spacial score (nSPS) is 16.8. The summed E-state index contributed by atoms with van der Waals surface area (Å²) in [6.45, 7) is 5.33. The predicted octanol–water partition coefficient (Wildman–Crippen LogP) is 3.71. The van der Waals surface area contributed by atoms with Crippen LogP contribution in [0.5, 0.6) is 0 Å². The zero-order valence-corrected chi connectivity index (χ0v) is 17.6. The van der Waals surface area contributed by atoms with Crippen LogP contribution >= 0.6 is 0 Å². The van der Waals surface area contributed by atoms with Gasteiger partial charge in [0.15, 0.2) is 5.82 Å². The van der Waals surface area contributed by atoms with E-state index in [4.69, 9.17) is 4.52 Å². The fraction of sp³-hybridized carbons (Fsp3) is 0.455. The minimum absolute atomic E-state index is 0.0703. The number of likely N-dealkylation sites (tertiary alicyclic amines) is 1. The van der Waals surface area contributed by atoms with Gasteiger partial charge in [-0.2, -0.15) is 10.1 Å². The molecule has 1 atom stereocenters. The Kier molecular flexibility index (Phi) is 5.65. The molecule has 0 saturated carbocycles. The Morgan fingerprint density at radius 2 is 2.03 bits per heavy atom. The van der Waals surface area contributed by atoms with Crippen LogP contribution in [0.15, 0.2) is 28.8 Å². The zero-order valence-electron chi connectivity index (χ0n) is 17.6. The number of halogens is 1. The van der Waals surface area contributed by atoms with Crippen molar-refractivity contribution in [2.24, 2.45) is 13.0 Å². The second-order valence-electron chi connectivity index (χ2n) is 7.99. The van der Waals surface area contributed by atoms with Gasteiger partial charge < -0.3 is 9.42 Å². The first-order chi connectivity index (χ1) is 14.4. The molecule has 7 nitrogen and oxygen atoms in total. The van der Waals surface area contributed by atoms with E-state index in [0.717, 1.165) is 49.3 Å². The highest BCUT2D eigenvalue weighted by Crippen LogP contribution is 2.25. The van der Waals surface area contributed by atoms with Crippen molar-refractivity contribution >= 4 is 5.91 Å². The molecule has 1 saturated heterocycles. The molecule has 1 amide bonds. The molecule has 0 bridgehead atoms. The highest BCUT2D eigenvalue weighted by Gasteiger charge is 2.28. The number of nitrogens with zero attached hydrogens (tertiary/aromatic N) is 5. The van der Waals surface area contributed by atoms with Crippen molar-refractivity contribution in [2.75, 3.05) is 13.1 Å². The summed E-state index contributed by atoms with van der Waals surface area (Å²) >= 11 is 0. The van der Waals surface area contributed by atoms with Crippen LogP contribution in [0.1, 0.15) is 46.8 Å². The summed E-state index contributed by atoms with van der Waals surface area (Å²) in [5, 5.41) is 8.43. The molecule has 0 aliphatic carbocycles. The van der Waals surface area contributed by atoms with Gasteiger partial charge in [0.2, 0.25) is 0 Å². The predicted molar refractivity (Wildman–Crippen MR) is 109 cm³/mol. The molecule has 2 aromatic heterocycles. The van der Waals surface area contributed by atoms with Crippen LogP contribution in [0.3, 0.4) is 0 Å². The Labute approximate surface area is 174 Å². The quantitative estimate of drug-likeness (QED) is 0.640. The van der Waals surface area contributed by atoms with Crippen LogP contribution in [-0.2, 0) is 13.5 Å². The number of hydrogen-bond acceptors (Lipinski definition) is 5. The van der Waals surface area contributed by atoms with E-state index in [1.54, 1.807) is 16.8 Å². The number of amides is 1. The highest BCUT2D eigenvalue weighted by atomic mass is 19.1. The number of rotatable bonds is 5.